The SMILES string of the molecule is CC1CC1CCC1CC1CO. The lowest BCUT2D eigenvalue weighted by Gasteiger charge is -1.96. The van der Waals surface area contributed by atoms with Crippen molar-refractivity contribution in [2.24, 2.45) is 23.7 Å². The summed E-state index contributed by atoms with van der Waals surface area (Å²) >= 11 is 0. The minimum atomic E-state index is 0.435. The monoisotopic (exact) mass is 154 g/mol. The Morgan fingerprint density at radius 1 is 1.09 bits per heavy atom. The summed E-state index contributed by atoms with van der Waals surface area (Å²) in [5, 5.41) is 8.81. The van der Waals surface area contributed by atoms with Gasteiger partial charge in [-0.2, -0.15) is 0 Å². The molecular formula is C10H18O. The molecule has 2 fully saturated rings. The van der Waals surface area contributed by atoms with E-state index in [0.29, 0.717) is 12.5 Å². The Bertz CT molecular complexity index is 144. The van der Waals surface area contributed by atoms with Crippen molar-refractivity contribution >= 4 is 0 Å². The Hall–Kier alpha value is -0.0400. The van der Waals surface area contributed by atoms with Crippen LogP contribution in [0.1, 0.15) is 32.6 Å². The maximum atomic E-state index is 8.81. The summed E-state index contributed by atoms with van der Waals surface area (Å²) in [7, 11) is 0. The van der Waals surface area contributed by atoms with Gasteiger partial charge in [0.2, 0.25) is 0 Å². The molecule has 0 aromatic carbocycles. The van der Waals surface area contributed by atoms with Gasteiger partial charge >= 0.3 is 0 Å². The minimum absolute atomic E-state index is 0.435. The fraction of sp³-hybridized carbons (Fsp3) is 1.00. The van der Waals surface area contributed by atoms with Crippen LogP contribution in [0.2, 0.25) is 0 Å². The molecule has 0 aromatic heterocycles. The topological polar surface area (TPSA) is 20.2 Å². The van der Waals surface area contributed by atoms with Crippen LogP contribution in [0.25, 0.3) is 0 Å². The molecule has 1 N–H and O–H groups in total. The first-order valence-corrected chi connectivity index (χ1v) is 4.92. The second-order valence-corrected chi connectivity index (χ2v) is 4.49. The van der Waals surface area contributed by atoms with Crippen LogP contribution in [0.5, 0.6) is 0 Å². The van der Waals surface area contributed by atoms with E-state index in [9.17, 15) is 0 Å². The second kappa shape index (κ2) is 2.78. The molecule has 2 rings (SSSR count). The molecule has 4 unspecified atom stereocenters. The molecule has 1 heteroatoms. The number of aliphatic hydroxyl groups is 1. The van der Waals surface area contributed by atoms with Crippen molar-refractivity contribution in [1.29, 1.82) is 0 Å². The molecule has 0 amide bonds. The quantitative estimate of drug-likeness (QED) is 0.657. The Morgan fingerprint density at radius 2 is 1.73 bits per heavy atom. The molecule has 0 bridgehead atoms. The highest BCUT2D eigenvalue weighted by atomic mass is 16.3. The molecule has 0 aromatic rings. The van der Waals surface area contributed by atoms with E-state index in [1.54, 1.807) is 0 Å². The summed E-state index contributed by atoms with van der Waals surface area (Å²) in [5.41, 5.74) is 0. The van der Waals surface area contributed by atoms with E-state index < -0.39 is 0 Å². The molecule has 1 nitrogen and oxygen atoms in total. The standard InChI is InChI=1S/C10H18O/c1-7-4-8(7)2-3-9-5-10(9)6-11/h7-11H,2-6H2,1H3. The first kappa shape index (κ1) is 7.60. The van der Waals surface area contributed by atoms with Crippen LogP contribution in [0.4, 0.5) is 0 Å². The number of aliphatic hydroxyl groups excluding tert-OH is 1. The highest BCUT2D eigenvalue weighted by Gasteiger charge is 2.39. The van der Waals surface area contributed by atoms with Gasteiger partial charge in [0.25, 0.3) is 0 Å². The third-order valence-electron chi connectivity index (χ3n) is 3.49. The molecule has 2 aliphatic rings. The molecule has 2 saturated carbocycles. The van der Waals surface area contributed by atoms with Gasteiger partial charge in [-0.05, 0) is 49.4 Å². The van der Waals surface area contributed by atoms with Gasteiger partial charge in [0.1, 0.15) is 0 Å². The van der Waals surface area contributed by atoms with Gasteiger partial charge in [0.05, 0.1) is 0 Å². The first-order chi connectivity index (χ1) is 5.31. The van der Waals surface area contributed by atoms with Crippen LogP contribution in [0.15, 0.2) is 0 Å². The summed E-state index contributed by atoms with van der Waals surface area (Å²) < 4.78 is 0. The predicted octanol–water partition coefficient (Wildman–Crippen LogP) is 2.05. The van der Waals surface area contributed by atoms with E-state index >= 15 is 0 Å². The Balaban J connectivity index is 1.55. The van der Waals surface area contributed by atoms with E-state index in [4.69, 9.17) is 5.11 Å². The Labute approximate surface area is 68.8 Å². The number of hydrogen-bond donors (Lipinski definition) is 1. The van der Waals surface area contributed by atoms with E-state index in [0.717, 1.165) is 17.8 Å². The molecule has 0 heterocycles. The fourth-order valence-electron chi connectivity index (χ4n) is 2.12. The van der Waals surface area contributed by atoms with Gasteiger partial charge in [-0.1, -0.05) is 6.92 Å². The molecule has 0 aliphatic heterocycles. The second-order valence-electron chi connectivity index (χ2n) is 4.49. The van der Waals surface area contributed by atoms with Crippen molar-refractivity contribution in [2.45, 2.75) is 32.6 Å². The normalized spacial score (nSPS) is 47.5. The van der Waals surface area contributed by atoms with Crippen LogP contribution in [-0.2, 0) is 0 Å². The highest BCUT2D eigenvalue weighted by Crippen LogP contribution is 2.47. The minimum Gasteiger partial charge on any atom is -0.396 e. The Morgan fingerprint density at radius 3 is 2.18 bits per heavy atom. The lowest BCUT2D eigenvalue weighted by Crippen LogP contribution is -1.90. The number of rotatable bonds is 4. The van der Waals surface area contributed by atoms with Crippen molar-refractivity contribution in [3.05, 3.63) is 0 Å². The lowest BCUT2D eigenvalue weighted by molar-refractivity contribution is 0.266. The van der Waals surface area contributed by atoms with Crippen LogP contribution < -0.4 is 0 Å². The average molecular weight is 154 g/mol. The van der Waals surface area contributed by atoms with Gasteiger partial charge in [0.15, 0.2) is 0 Å². The predicted molar refractivity (Wildman–Crippen MR) is 45.2 cm³/mol. The largest absolute Gasteiger partial charge is 0.396 e. The van der Waals surface area contributed by atoms with Crippen molar-refractivity contribution in [3.8, 4) is 0 Å². The van der Waals surface area contributed by atoms with Crippen molar-refractivity contribution in [1.82, 2.24) is 0 Å². The molecule has 0 radical (unpaired) electrons. The molecule has 64 valence electrons. The van der Waals surface area contributed by atoms with E-state index in [1.165, 1.54) is 25.7 Å². The first-order valence-electron chi connectivity index (χ1n) is 4.92. The third-order valence-corrected chi connectivity index (χ3v) is 3.49. The molecule has 0 saturated heterocycles. The van der Waals surface area contributed by atoms with Crippen LogP contribution in [0.3, 0.4) is 0 Å². The van der Waals surface area contributed by atoms with Crippen LogP contribution >= 0.6 is 0 Å². The highest BCUT2D eigenvalue weighted by molar-refractivity contribution is 4.89. The number of hydrogen-bond acceptors (Lipinski definition) is 1. The van der Waals surface area contributed by atoms with Gasteiger partial charge in [-0.25, -0.2) is 0 Å². The fourth-order valence-corrected chi connectivity index (χ4v) is 2.12. The molecule has 2 aliphatic carbocycles. The van der Waals surface area contributed by atoms with Gasteiger partial charge in [-0.15, -0.1) is 0 Å². The zero-order chi connectivity index (χ0) is 7.84. The summed E-state index contributed by atoms with van der Waals surface area (Å²) in [4.78, 5) is 0. The van der Waals surface area contributed by atoms with Gasteiger partial charge in [-0.3, -0.25) is 0 Å². The van der Waals surface area contributed by atoms with E-state index in [1.807, 2.05) is 0 Å². The lowest BCUT2D eigenvalue weighted by atomic mass is 10.1. The van der Waals surface area contributed by atoms with E-state index in [-0.39, 0.29) is 0 Å². The van der Waals surface area contributed by atoms with E-state index in [2.05, 4.69) is 6.92 Å². The average Bonchev–Trinajstić information content (AvgIpc) is 2.83. The molecule has 4 atom stereocenters. The maximum Gasteiger partial charge on any atom is 0.0462 e. The third kappa shape index (κ3) is 1.76. The molecule has 11 heavy (non-hydrogen) atoms. The van der Waals surface area contributed by atoms with Crippen molar-refractivity contribution in [3.63, 3.8) is 0 Å². The molecule has 0 spiro atoms. The summed E-state index contributed by atoms with van der Waals surface area (Å²) in [6, 6.07) is 0. The zero-order valence-electron chi connectivity index (χ0n) is 7.29. The van der Waals surface area contributed by atoms with Crippen LogP contribution in [-0.4, -0.2) is 11.7 Å². The summed E-state index contributed by atoms with van der Waals surface area (Å²) in [6.45, 7) is 2.78. The summed E-state index contributed by atoms with van der Waals surface area (Å²) in [5.74, 6) is 3.65. The molecular weight excluding hydrogens is 136 g/mol. The van der Waals surface area contributed by atoms with Crippen molar-refractivity contribution < 1.29 is 5.11 Å². The van der Waals surface area contributed by atoms with Gasteiger partial charge < -0.3 is 5.11 Å². The van der Waals surface area contributed by atoms with Crippen molar-refractivity contribution in [2.75, 3.05) is 6.61 Å². The van der Waals surface area contributed by atoms with Crippen LogP contribution in [0, 0.1) is 23.7 Å². The summed E-state index contributed by atoms with van der Waals surface area (Å²) in [6.07, 6.45) is 5.59. The Kier molecular flexibility index (Phi) is 1.92. The zero-order valence-corrected chi connectivity index (χ0v) is 7.29. The van der Waals surface area contributed by atoms with Gasteiger partial charge in [0, 0.05) is 6.61 Å². The maximum absolute atomic E-state index is 8.81. The smallest absolute Gasteiger partial charge is 0.0462 e.